The maximum atomic E-state index is 8.42. The lowest BCUT2D eigenvalue weighted by Crippen LogP contribution is -1.77. The number of aromatic nitrogens is 1. The van der Waals surface area contributed by atoms with Gasteiger partial charge in [-0.2, -0.15) is 5.26 Å². The van der Waals surface area contributed by atoms with Crippen LogP contribution in [0.3, 0.4) is 0 Å². The second-order valence-corrected chi connectivity index (χ2v) is 2.99. The van der Waals surface area contributed by atoms with Gasteiger partial charge in [0.1, 0.15) is 11.9 Å². The van der Waals surface area contributed by atoms with Crippen molar-refractivity contribution in [1.82, 2.24) is 4.98 Å². The molecule has 4 heteroatoms. The van der Waals surface area contributed by atoms with Gasteiger partial charge in [0.2, 0.25) is 5.89 Å². The summed E-state index contributed by atoms with van der Waals surface area (Å²) in [6.45, 7) is 0. The summed E-state index contributed by atoms with van der Waals surface area (Å²) >= 11 is 5.75. The molecule has 0 saturated heterocycles. The Balaban J connectivity index is 2.57. The lowest BCUT2D eigenvalue weighted by molar-refractivity contribution is 0.548. The van der Waals surface area contributed by atoms with Crippen molar-refractivity contribution in [2.75, 3.05) is 0 Å². The number of hydrogen-bond donors (Lipinski definition) is 0. The van der Waals surface area contributed by atoms with E-state index in [1.165, 1.54) is 0 Å². The van der Waals surface area contributed by atoms with E-state index in [2.05, 4.69) is 4.98 Å². The molecule has 0 aliphatic carbocycles. The lowest BCUT2D eigenvalue weighted by Gasteiger charge is -1.85. The topological polar surface area (TPSA) is 49.8 Å². The van der Waals surface area contributed by atoms with Crippen molar-refractivity contribution in [1.29, 1.82) is 5.26 Å². The third-order valence-electron chi connectivity index (χ3n) is 1.63. The van der Waals surface area contributed by atoms with E-state index in [1.807, 2.05) is 6.07 Å². The lowest BCUT2D eigenvalue weighted by atomic mass is 10.3. The molecule has 0 bridgehead atoms. The average molecular weight is 193 g/mol. The molecule has 2 rings (SSSR count). The first-order valence-corrected chi connectivity index (χ1v) is 4.09. The SMILES string of the molecule is N#CCc1nc2ccc(Cl)cc2o1. The van der Waals surface area contributed by atoms with E-state index >= 15 is 0 Å². The van der Waals surface area contributed by atoms with E-state index in [1.54, 1.807) is 18.2 Å². The van der Waals surface area contributed by atoms with Gasteiger partial charge in [-0.25, -0.2) is 4.98 Å². The van der Waals surface area contributed by atoms with Crippen molar-refractivity contribution < 1.29 is 4.42 Å². The summed E-state index contributed by atoms with van der Waals surface area (Å²) < 4.78 is 5.27. The van der Waals surface area contributed by atoms with Crippen LogP contribution in [0.15, 0.2) is 22.6 Å². The number of nitriles is 1. The minimum absolute atomic E-state index is 0.187. The molecule has 0 saturated carbocycles. The maximum absolute atomic E-state index is 8.42. The van der Waals surface area contributed by atoms with Gasteiger partial charge < -0.3 is 4.42 Å². The smallest absolute Gasteiger partial charge is 0.209 e. The summed E-state index contributed by atoms with van der Waals surface area (Å²) in [6, 6.07) is 7.16. The first-order valence-electron chi connectivity index (χ1n) is 3.71. The molecule has 13 heavy (non-hydrogen) atoms. The van der Waals surface area contributed by atoms with Gasteiger partial charge in [0.25, 0.3) is 0 Å². The van der Waals surface area contributed by atoms with Gasteiger partial charge >= 0.3 is 0 Å². The van der Waals surface area contributed by atoms with Crippen molar-refractivity contribution in [3.63, 3.8) is 0 Å². The van der Waals surface area contributed by atoms with Gasteiger partial charge in [0, 0.05) is 11.1 Å². The summed E-state index contributed by atoms with van der Waals surface area (Å²) in [5, 5.41) is 9.03. The zero-order valence-corrected chi connectivity index (χ0v) is 7.38. The van der Waals surface area contributed by atoms with E-state index in [-0.39, 0.29) is 6.42 Å². The first-order chi connectivity index (χ1) is 6.29. The van der Waals surface area contributed by atoms with Crippen molar-refractivity contribution >= 4 is 22.7 Å². The molecular weight excluding hydrogens is 188 g/mol. The Kier molecular flexibility index (Phi) is 1.91. The van der Waals surface area contributed by atoms with E-state index in [4.69, 9.17) is 21.3 Å². The molecule has 0 atom stereocenters. The number of nitrogens with zero attached hydrogens (tertiary/aromatic N) is 2. The van der Waals surface area contributed by atoms with Crippen LogP contribution in [0.4, 0.5) is 0 Å². The number of halogens is 1. The molecule has 0 unspecified atom stereocenters. The van der Waals surface area contributed by atoms with Gasteiger partial charge in [-0.05, 0) is 12.1 Å². The summed E-state index contributed by atoms with van der Waals surface area (Å²) in [5.41, 5.74) is 1.35. The molecule has 0 aliphatic rings. The van der Waals surface area contributed by atoms with Crippen LogP contribution in [0, 0.1) is 11.3 Å². The second-order valence-electron chi connectivity index (χ2n) is 2.55. The Bertz CT molecular complexity index is 484. The molecule has 0 aliphatic heterocycles. The second kappa shape index (κ2) is 3.08. The largest absolute Gasteiger partial charge is 0.440 e. The molecule has 2 aromatic rings. The fourth-order valence-electron chi connectivity index (χ4n) is 1.09. The third kappa shape index (κ3) is 1.49. The molecule has 0 spiro atoms. The number of fused-ring (bicyclic) bond motifs is 1. The van der Waals surface area contributed by atoms with Gasteiger partial charge in [-0.3, -0.25) is 0 Å². The normalized spacial score (nSPS) is 10.2. The van der Waals surface area contributed by atoms with Crippen LogP contribution in [0.1, 0.15) is 5.89 Å². The first kappa shape index (κ1) is 8.09. The van der Waals surface area contributed by atoms with E-state index in [9.17, 15) is 0 Å². The number of rotatable bonds is 1. The number of benzene rings is 1. The summed E-state index contributed by atoms with van der Waals surface area (Å²) in [7, 11) is 0. The van der Waals surface area contributed by atoms with Gasteiger partial charge in [0.15, 0.2) is 5.58 Å². The van der Waals surface area contributed by atoms with Crippen LogP contribution in [-0.2, 0) is 6.42 Å². The minimum Gasteiger partial charge on any atom is -0.440 e. The average Bonchev–Trinajstić information content (AvgIpc) is 2.46. The Morgan fingerprint density at radius 1 is 1.54 bits per heavy atom. The van der Waals surface area contributed by atoms with E-state index < -0.39 is 0 Å². The molecule has 3 nitrogen and oxygen atoms in total. The molecule has 1 aromatic carbocycles. The molecule has 0 radical (unpaired) electrons. The van der Waals surface area contributed by atoms with Crippen LogP contribution in [0.5, 0.6) is 0 Å². The van der Waals surface area contributed by atoms with Crippen LogP contribution in [-0.4, -0.2) is 4.98 Å². The Labute approximate surface area is 79.6 Å². The molecule has 64 valence electrons. The monoisotopic (exact) mass is 192 g/mol. The fourth-order valence-corrected chi connectivity index (χ4v) is 1.25. The van der Waals surface area contributed by atoms with Gasteiger partial charge in [0.05, 0.1) is 6.07 Å². The molecule has 0 amide bonds. The van der Waals surface area contributed by atoms with Crippen LogP contribution >= 0.6 is 11.6 Å². The predicted octanol–water partition coefficient (Wildman–Crippen LogP) is 2.55. The van der Waals surface area contributed by atoms with Crippen molar-refractivity contribution in [3.05, 3.63) is 29.1 Å². The van der Waals surface area contributed by atoms with E-state index in [0.29, 0.717) is 16.5 Å². The van der Waals surface area contributed by atoms with Crippen molar-refractivity contribution in [2.24, 2.45) is 0 Å². The number of hydrogen-bond acceptors (Lipinski definition) is 3. The van der Waals surface area contributed by atoms with Crippen LogP contribution in [0.25, 0.3) is 11.1 Å². The molecular formula is C9H5ClN2O. The summed E-state index contributed by atoms with van der Waals surface area (Å²) in [6.07, 6.45) is 0.187. The highest BCUT2D eigenvalue weighted by atomic mass is 35.5. The predicted molar refractivity (Wildman–Crippen MR) is 48.3 cm³/mol. The highest BCUT2D eigenvalue weighted by molar-refractivity contribution is 6.31. The standard InChI is InChI=1S/C9H5ClN2O/c10-6-1-2-7-8(5-6)13-9(12-7)3-4-11/h1-2,5H,3H2. The van der Waals surface area contributed by atoms with Gasteiger partial charge in [-0.15, -0.1) is 0 Å². The zero-order chi connectivity index (χ0) is 9.26. The number of oxazole rings is 1. The third-order valence-corrected chi connectivity index (χ3v) is 1.86. The zero-order valence-electron chi connectivity index (χ0n) is 6.62. The molecule has 1 aromatic heterocycles. The molecule has 0 N–H and O–H groups in total. The van der Waals surface area contributed by atoms with Crippen LogP contribution in [0.2, 0.25) is 5.02 Å². The Morgan fingerprint density at radius 3 is 3.15 bits per heavy atom. The fraction of sp³-hybridized carbons (Fsp3) is 0.111. The maximum Gasteiger partial charge on any atom is 0.209 e. The van der Waals surface area contributed by atoms with Gasteiger partial charge in [-0.1, -0.05) is 11.6 Å². The Morgan fingerprint density at radius 2 is 2.38 bits per heavy atom. The molecule has 0 fully saturated rings. The van der Waals surface area contributed by atoms with Crippen LogP contribution < -0.4 is 0 Å². The quantitative estimate of drug-likeness (QED) is 0.698. The highest BCUT2D eigenvalue weighted by Gasteiger charge is 2.04. The van der Waals surface area contributed by atoms with E-state index in [0.717, 1.165) is 5.52 Å². The summed E-state index contributed by atoms with van der Waals surface area (Å²) in [4.78, 5) is 4.10. The summed E-state index contributed by atoms with van der Waals surface area (Å²) in [5.74, 6) is 0.430. The molecule has 1 heterocycles. The Hall–Kier alpha value is -1.53. The highest BCUT2D eigenvalue weighted by Crippen LogP contribution is 2.19. The minimum atomic E-state index is 0.187. The van der Waals surface area contributed by atoms with Crippen molar-refractivity contribution in [2.45, 2.75) is 6.42 Å². The van der Waals surface area contributed by atoms with Crippen molar-refractivity contribution in [3.8, 4) is 6.07 Å².